The Labute approximate surface area is 292 Å². The van der Waals surface area contributed by atoms with Crippen LogP contribution in [0.25, 0.3) is 22.3 Å². The topological polar surface area (TPSA) is 152 Å². The van der Waals surface area contributed by atoms with E-state index in [4.69, 9.17) is 23.9 Å². The quantitative estimate of drug-likeness (QED) is 0.0689. The number of cyclic esters (lactones) is 1. The predicted octanol–water partition coefficient (Wildman–Crippen LogP) is 5.58. The molecule has 0 fully saturated rings. The van der Waals surface area contributed by atoms with Crippen molar-refractivity contribution in [1.29, 1.82) is 0 Å². The molecule has 3 aromatic rings. The van der Waals surface area contributed by atoms with Gasteiger partial charge in [0.15, 0.2) is 0 Å². The average molecular weight is 706 g/mol. The fourth-order valence-electron chi connectivity index (χ4n) is 6.94. The summed E-state index contributed by atoms with van der Waals surface area (Å²) in [6.07, 6.45) is 1.69. The first-order chi connectivity index (χ1) is 23.5. The van der Waals surface area contributed by atoms with Crippen LogP contribution in [0.1, 0.15) is 90.3 Å². The van der Waals surface area contributed by atoms with E-state index in [1.165, 1.54) is 6.92 Å². The molecule has 0 aliphatic carbocycles. The van der Waals surface area contributed by atoms with Crippen molar-refractivity contribution in [3.63, 3.8) is 0 Å². The van der Waals surface area contributed by atoms with Crippen molar-refractivity contribution in [2.45, 2.75) is 117 Å². The Morgan fingerprint density at radius 3 is 2.48 bits per heavy atom. The van der Waals surface area contributed by atoms with Crippen molar-refractivity contribution in [3.05, 3.63) is 51.3 Å². The molecule has 1 amide bonds. The SMILES string of the molecule is CCCC[Si](C)(C)c1c2c(nc3ccc(OC(C)=O)cc13)-c1cc3c(c(=O)n1C2)COC(=O)C3(CC)OC(=O)CCCNC(=O)OC(C)(C)C. The van der Waals surface area contributed by atoms with Crippen LogP contribution in [0.5, 0.6) is 5.75 Å². The first-order valence-corrected chi connectivity index (χ1v) is 20.5. The summed E-state index contributed by atoms with van der Waals surface area (Å²) >= 11 is 0. The molecule has 13 heteroatoms. The zero-order valence-corrected chi connectivity index (χ0v) is 31.2. The van der Waals surface area contributed by atoms with Gasteiger partial charge in [0.1, 0.15) is 18.0 Å². The summed E-state index contributed by atoms with van der Waals surface area (Å²) in [5.41, 5.74) is 0.582. The van der Waals surface area contributed by atoms with E-state index in [2.05, 4.69) is 25.3 Å². The smallest absolute Gasteiger partial charge is 0.407 e. The highest BCUT2D eigenvalue weighted by atomic mass is 28.3. The number of carbonyl (C=O) groups excluding carboxylic acids is 4. The van der Waals surface area contributed by atoms with Gasteiger partial charge in [0.05, 0.1) is 37.1 Å². The third-order valence-corrected chi connectivity index (χ3v) is 12.8. The minimum atomic E-state index is -2.15. The Kier molecular flexibility index (Phi) is 10.3. The van der Waals surface area contributed by atoms with Crippen LogP contribution in [0.15, 0.2) is 29.1 Å². The Morgan fingerprint density at radius 1 is 1.08 bits per heavy atom. The zero-order valence-electron chi connectivity index (χ0n) is 30.2. The van der Waals surface area contributed by atoms with Crippen LogP contribution in [-0.4, -0.2) is 53.8 Å². The van der Waals surface area contributed by atoms with Gasteiger partial charge in [-0.3, -0.25) is 14.4 Å². The van der Waals surface area contributed by atoms with Gasteiger partial charge < -0.3 is 28.8 Å². The van der Waals surface area contributed by atoms with Gasteiger partial charge in [-0.2, -0.15) is 0 Å². The summed E-state index contributed by atoms with van der Waals surface area (Å²) in [6.45, 7) is 15.3. The van der Waals surface area contributed by atoms with Crippen molar-refractivity contribution in [3.8, 4) is 17.1 Å². The van der Waals surface area contributed by atoms with E-state index < -0.39 is 43.3 Å². The van der Waals surface area contributed by atoms with Gasteiger partial charge >= 0.3 is 24.0 Å². The van der Waals surface area contributed by atoms with Crippen LogP contribution in [0.4, 0.5) is 4.79 Å². The van der Waals surface area contributed by atoms with Gasteiger partial charge in [0.2, 0.25) is 5.60 Å². The maximum atomic E-state index is 14.3. The number of carbonyl (C=O) groups is 4. The first-order valence-electron chi connectivity index (χ1n) is 17.3. The maximum Gasteiger partial charge on any atom is 0.407 e. The molecule has 2 aliphatic heterocycles. The summed E-state index contributed by atoms with van der Waals surface area (Å²) in [5.74, 6) is -1.39. The molecule has 1 aromatic carbocycles. The molecule has 0 bridgehead atoms. The summed E-state index contributed by atoms with van der Waals surface area (Å²) < 4.78 is 23.8. The fourth-order valence-corrected chi connectivity index (χ4v) is 10.4. The number of benzene rings is 1. The van der Waals surface area contributed by atoms with E-state index in [0.29, 0.717) is 28.2 Å². The number of nitrogens with zero attached hydrogens (tertiary/aromatic N) is 2. The number of nitrogens with one attached hydrogen (secondary N) is 1. The molecule has 0 saturated heterocycles. The summed E-state index contributed by atoms with van der Waals surface area (Å²) in [7, 11) is -2.15. The lowest BCUT2D eigenvalue weighted by molar-refractivity contribution is -0.189. The minimum absolute atomic E-state index is 0.0444. The molecule has 12 nitrogen and oxygen atoms in total. The Balaban J connectivity index is 1.55. The van der Waals surface area contributed by atoms with Crippen LogP contribution in [-0.2, 0) is 47.3 Å². The van der Waals surface area contributed by atoms with Crippen molar-refractivity contribution >= 4 is 48.2 Å². The predicted molar refractivity (Wildman–Crippen MR) is 190 cm³/mol. The molecule has 268 valence electrons. The maximum absolute atomic E-state index is 14.3. The molecule has 1 unspecified atom stereocenters. The Hall–Kier alpha value is -4.52. The third-order valence-electron chi connectivity index (χ3n) is 9.23. The van der Waals surface area contributed by atoms with Gasteiger partial charge in [0.25, 0.3) is 5.56 Å². The van der Waals surface area contributed by atoms with Gasteiger partial charge in [-0.25, -0.2) is 14.6 Å². The number of rotatable bonds is 11. The third kappa shape index (κ3) is 7.19. The number of fused-ring (bicyclic) bond motifs is 5. The molecule has 1 N–H and O–H groups in total. The molecular weight excluding hydrogens is 659 g/mol. The standard InChI is InChI=1S/C37H47N3O9Si/c1-9-11-17-50(7,8)32-24-18-23(47-22(3)41)14-15-28(24)39-31-25(32)20-40-29(31)19-27-26(33(40)43)21-46-34(44)37(27,10-2)48-30(42)13-12-16-38-35(45)49-36(4,5)6/h14-15,18-19H,9-13,16-17,20-21H2,1-8H3,(H,38,45). The number of hydrogen-bond acceptors (Lipinski definition) is 10. The lowest BCUT2D eigenvalue weighted by atomic mass is 9.85. The second kappa shape index (κ2) is 14.0. The highest BCUT2D eigenvalue weighted by Gasteiger charge is 2.50. The van der Waals surface area contributed by atoms with Crippen LogP contribution in [0.2, 0.25) is 19.1 Å². The molecule has 0 saturated carbocycles. The summed E-state index contributed by atoms with van der Waals surface area (Å²) in [6, 6.07) is 8.18. The van der Waals surface area contributed by atoms with Crippen LogP contribution >= 0.6 is 0 Å². The summed E-state index contributed by atoms with van der Waals surface area (Å²) in [4.78, 5) is 69.8. The molecule has 2 aromatic heterocycles. The van der Waals surface area contributed by atoms with E-state index >= 15 is 0 Å². The van der Waals surface area contributed by atoms with E-state index in [-0.39, 0.29) is 50.1 Å². The average Bonchev–Trinajstić information content (AvgIpc) is 3.39. The molecule has 1 atom stereocenters. The normalized spacial score (nSPS) is 16.6. The monoisotopic (exact) mass is 705 g/mol. The lowest BCUT2D eigenvalue weighted by Gasteiger charge is -2.35. The molecular formula is C37H47N3O9Si. The molecule has 0 spiro atoms. The number of alkyl carbamates (subject to hydrolysis) is 1. The van der Waals surface area contributed by atoms with Gasteiger partial charge in [-0.05, 0) is 68.6 Å². The Bertz CT molecular complexity index is 1930. The molecule has 0 radical (unpaired) electrons. The van der Waals surface area contributed by atoms with E-state index in [1.54, 1.807) is 44.4 Å². The van der Waals surface area contributed by atoms with E-state index in [0.717, 1.165) is 35.0 Å². The zero-order chi connectivity index (χ0) is 36.6. The molecule has 50 heavy (non-hydrogen) atoms. The second-order valence-corrected chi connectivity index (χ2v) is 19.4. The van der Waals surface area contributed by atoms with Crippen molar-refractivity contribution in [2.75, 3.05) is 6.54 Å². The van der Waals surface area contributed by atoms with E-state index in [1.807, 2.05) is 12.1 Å². The molecule has 4 heterocycles. The lowest BCUT2D eigenvalue weighted by Crippen LogP contribution is -2.47. The van der Waals surface area contributed by atoms with Gasteiger partial charge in [-0.1, -0.05) is 45.8 Å². The fraction of sp³-hybridized carbons (Fsp3) is 0.514. The van der Waals surface area contributed by atoms with Gasteiger partial charge in [0, 0.05) is 30.8 Å². The Morgan fingerprint density at radius 2 is 1.82 bits per heavy atom. The number of unbranched alkanes of at least 4 members (excludes halogenated alkanes) is 1. The number of amides is 1. The number of hydrogen-bond donors (Lipinski definition) is 1. The number of esters is 3. The number of ether oxygens (including phenoxy) is 4. The van der Waals surface area contributed by atoms with Crippen LogP contribution in [0, 0.1) is 0 Å². The highest BCUT2D eigenvalue weighted by Crippen LogP contribution is 2.41. The van der Waals surface area contributed by atoms with Gasteiger partial charge in [-0.15, -0.1) is 0 Å². The number of pyridine rings is 2. The molecule has 2 aliphatic rings. The molecule has 5 rings (SSSR count). The van der Waals surface area contributed by atoms with Crippen molar-refractivity contribution in [2.24, 2.45) is 0 Å². The van der Waals surface area contributed by atoms with Crippen molar-refractivity contribution in [1.82, 2.24) is 14.9 Å². The van der Waals surface area contributed by atoms with Crippen LogP contribution < -0.4 is 20.8 Å². The second-order valence-electron chi connectivity index (χ2n) is 14.7. The first kappa shape index (κ1) is 36.7. The minimum Gasteiger partial charge on any atom is -0.457 e. The summed E-state index contributed by atoms with van der Waals surface area (Å²) in [5, 5.41) is 4.67. The van der Waals surface area contributed by atoms with Crippen LogP contribution in [0.3, 0.4) is 0 Å². The van der Waals surface area contributed by atoms with Crippen molar-refractivity contribution < 1.29 is 38.1 Å². The number of aromatic nitrogens is 2. The largest absolute Gasteiger partial charge is 0.457 e. The highest BCUT2D eigenvalue weighted by molar-refractivity contribution is 6.91. The van der Waals surface area contributed by atoms with E-state index in [9.17, 15) is 24.0 Å².